The first-order valence-corrected chi connectivity index (χ1v) is 7.02. The van der Waals surface area contributed by atoms with Crippen LogP contribution < -0.4 is 5.73 Å². The molecule has 1 heterocycles. The molecule has 0 saturated carbocycles. The van der Waals surface area contributed by atoms with Gasteiger partial charge in [-0.1, -0.05) is 5.16 Å². The van der Waals surface area contributed by atoms with Crippen LogP contribution in [0.25, 0.3) is 11.5 Å². The standard InChI is InChI=1S/C11H11BrIN3O2/c1-17-5-9(14)10-15-11(18-16-10)7-4-6(13)2-3-8(7)12/h2-4,9H,5,14H2,1H3. The minimum atomic E-state index is -0.381. The van der Waals surface area contributed by atoms with E-state index in [0.29, 0.717) is 18.3 Å². The Kier molecular flexibility index (Phi) is 4.71. The fourth-order valence-electron chi connectivity index (χ4n) is 1.41. The lowest BCUT2D eigenvalue weighted by molar-refractivity contribution is 0.177. The van der Waals surface area contributed by atoms with Crippen molar-refractivity contribution >= 4 is 38.5 Å². The van der Waals surface area contributed by atoms with Crippen molar-refractivity contribution in [1.29, 1.82) is 0 Å². The molecule has 0 aliphatic heterocycles. The van der Waals surface area contributed by atoms with Gasteiger partial charge < -0.3 is 15.0 Å². The Morgan fingerprint density at radius 3 is 3.06 bits per heavy atom. The summed E-state index contributed by atoms with van der Waals surface area (Å²) >= 11 is 5.68. The zero-order valence-electron chi connectivity index (χ0n) is 9.56. The van der Waals surface area contributed by atoms with Crippen LogP contribution in [0.4, 0.5) is 0 Å². The molecular formula is C11H11BrIN3O2. The Morgan fingerprint density at radius 2 is 2.33 bits per heavy atom. The van der Waals surface area contributed by atoms with Gasteiger partial charge in [-0.05, 0) is 56.7 Å². The maximum absolute atomic E-state index is 5.84. The minimum absolute atomic E-state index is 0.354. The van der Waals surface area contributed by atoms with Gasteiger partial charge in [0.25, 0.3) is 5.89 Å². The van der Waals surface area contributed by atoms with Gasteiger partial charge in [0.1, 0.15) is 0 Å². The smallest absolute Gasteiger partial charge is 0.259 e. The van der Waals surface area contributed by atoms with Crippen LogP contribution in [-0.2, 0) is 4.74 Å². The predicted octanol–water partition coefficient (Wildman–Crippen LogP) is 2.75. The van der Waals surface area contributed by atoms with Gasteiger partial charge in [0.2, 0.25) is 0 Å². The molecule has 5 nitrogen and oxygen atoms in total. The third-order valence-electron chi connectivity index (χ3n) is 2.28. The van der Waals surface area contributed by atoms with Crippen molar-refractivity contribution < 1.29 is 9.26 Å². The molecule has 7 heteroatoms. The van der Waals surface area contributed by atoms with Gasteiger partial charge in [0.15, 0.2) is 5.82 Å². The molecule has 2 aromatic rings. The molecule has 96 valence electrons. The predicted molar refractivity (Wildman–Crippen MR) is 79.0 cm³/mol. The van der Waals surface area contributed by atoms with E-state index in [-0.39, 0.29) is 6.04 Å². The van der Waals surface area contributed by atoms with Gasteiger partial charge in [-0.25, -0.2) is 0 Å². The van der Waals surface area contributed by atoms with E-state index >= 15 is 0 Å². The second-order valence-corrected chi connectivity index (χ2v) is 5.74. The second-order valence-electron chi connectivity index (χ2n) is 3.64. The first-order valence-electron chi connectivity index (χ1n) is 5.15. The highest BCUT2D eigenvalue weighted by Gasteiger charge is 2.16. The van der Waals surface area contributed by atoms with Gasteiger partial charge in [-0.15, -0.1) is 0 Å². The number of nitrogens with zero attached hydrogens (tertiary/aromatic N) is 2. The fraction of sp³-hybridized carbons (Fsp3) is 0.273. The highest BCUT2D eigenvalue weighted by atomic mass is 127. The molecule has 2 N–H and O–H groups in total. The second kappa shape index (κ2) is 6.09. The Hall–Kier alpha value is -0.510. The molecule has 0 amide bonds. The molecule has 2 rings (SSSR count). The summed E-state index contributed by atoms with van der Waals surface area (Å²) in [4.78, 5) is 4.28. The molecule has 0 fully saturated rings. The van der Waals surface area contributed by atoms with Crippen molar-refractivity contribution in [2.24, 2.45) is 5.73 Å². The molecule has 0 bridgehead atoms. The van der Waals surface area contributed by atoms with Crippen LogP contribution in [0.1, 0.15) is 11.9 Å². The Morgan fingerprint density at radius 1 is 1.56 bits per heavy atom. The lowest BCUT2D eigenvalue weighted by Crippen LogP contribution is -2.17. The number of hydrogen-bond donors (Lipinski definition) is 1. The lowest BCUT2D eigenvalue weighted by atomic mass is 10.2. The van der Waals surface area contributed by atoms with E-state index in [1.807, 2.05) is 18.2 Å². The summed E-state index contributed by atoms with van der Waals surface area (Å²) in [6.07, 6.45) is 0. The lowest BCUT2D eigenvalue weighted by Gasteiger charge is -2.03. The van der Waals surface area contributed by atoms with Crippen molar-refractivity contribution in [3.63, 3.8) is 0 Å². The Bertz CT molecular complexity index is 547. The molecule has 1 aromatic carbocycles. The summed E-state index contributed by atoms with van der Waals surface area (Å²) in [5.74, 6) is 0.888. The highest BCUT2D eigenvalue weighted by Crippen LogP contribution is 2.29. The molecule has 0 radical (unpaired) electrons. The van der Waals surface area contributed by atoms with Crippen LogP contribution in [0.2, 0.25) is 0 Å². The number of aromatic nitrogens is 2. The molecule has 18 heavy (non-hydrogen) atoms. The first kappa shape index (κ1) is 13.9. The molecule has 0 saturated heterocycles. The van der Waals surface area contributed by atoms with Crippen molar-refractivity contribution in [3.05, 3.63) is 32.1 Å². The van der Waals surface area contributed by atoms with Gasteiger partial charge in [-0.3, -0.25) is 0 Å². The molecule has 1 atom stereocenters. The Balaban J connectivity index is 2.32. The summed E-state index contributed by atoms with van der Waals surface area (Å²) < 4.78 is 12.2. The summed E-state index contributed by atoms with van der Waals surface area (Å²) in [7, 11) is 1.58. The molecule has 0 aliphatic rings. The summed E-state index contributed by atoms with van der Waals surface area (Å²) in [6.45, 7) is 0.354. The molecule has 1 unspecified atom stereocenters. The van der Waals surface area contributed by atoms with Crippen LogP contribution in [0, 0.1) is 3.57 Å². The molecular weight excluding hydrogens is 413 g/mol. The maximum Gasteiger partial charge on any atom is 0.259 e. The SMILES string of the molecule is COCC(N)c1noc(-c2cc(I)ccc2Br)n1. The zero-order chi connectivity index (χ0) is 13.1. The molecule has 1 aromatic heterocycles. The van der Waals surface area contributed by atoms with Gasteiger partial charge in [0, 0.05) is 15.2 Å². The Labute approximate surface area is 126 Å². The van der Waals surface area contributed by atoms with Crippen molar-refractivity contribution in [3.8, 4) is 11.5 Å². The van der Waals surface area contributed by atoms with Crippen LogP contribution in [0.5, 0.6) is 0 Å². The third-order valence-corrected chi connectivity index (χ3v) is 3.64. The van der Waals surface area contributed by atoms with Crippen LogP contribution in [0.3, 0.4) is 0 Å². The largest absolute Gasteiger partial charge is 0.383 e. The van der Waals surface area contributed by atoms with Gasteiger partial charge in [0.05, 0.1) is 18.2 Å². The van der Waals surface area contributed by atoms with Crippen LogP contribution in [-0.4, -0.2) is 23.9 Å². The topological polar surface area (TPSA) is 74.2 Å². The number of ether oxygens (including phenoxy) is 1. The summed E-state index contributed by atoms with van der Waals surface area (Å²) in [5.41, 5.74) is 6.69. The van der Waals surface area contributed by atoms with E-state index in [2.05, 4.69) is 48.7 Å². The van der Waals surface area contributed by atoms with E-state index in [0.717, 1.165) is 13.6 Å². The maximum atomic E-state index is 5.84. The number of hydrogen-bond acceptors (Lipinski definition) is 5. The fourth-order valence-corrected chi connectivity index (χ4v) is 2.32. The van der Waals surface area contributed by atoms with E-state index in [1.165, 1.54) is 0 Å². The average molecular weight is 424 g/mol. The van der Waals surface area contributed by atoms with Crippen LogP contribution >= 0.6 is 38.5 Å². The number of methoxy groups -OCH3 is 1. The highest BCUT2D eigenvalue weighted by molar-refractivity contribution is 14.1. The number of halogens is 2. The summed E-state index contributed by atoms with van der Waals surface area (Å²) in [6, 6.07) is 5.51. The summed E-state index contributed by atoms with van der Waals surface area (Å²) in [5, 5.41) is 3.87. The van der Waals surface area contributed by atoms with Crippen molar-refractivity contribution in [1.82, 2.24) is 10.1 Å². The van der Waals surface area contributed by atoms with E-state index in [1.54, 1.807) is 7.11 Å². The minimum Gasteiger partial charge on any atom is -0.383 e. The zero-order valence-corrected chi connectivity index (χ0v) is 13.3. The van der Waals surface area contributed by atoms with Crippen LogP contribution in [0.15, 0.2) is 27.2 Å². The number of rotatable bonds is 4. The molecule has 0 spiro atoms. The average Bonchev–Trinajstić information content (AvgIpc) is 2.82. The van der Waals surface area contributed by atoms with Crippen molar-refractivity contribution in [2.45, 2.75) is 6.04 Å². The monoisotopic (exact) mass is 423 g/mol. The van der Waals surface area contributed by atoms with E-state index < -0.39 is 0 Å². The quantitative estimate of drug-likeness (QED) is 0.765. The van der Waals surface area contributed by atoms with Gasteiger partial charge in [-0.2, -0.15) is 4.98 Å². The third kappa shape index (κ3) is 3.08. The van der Waals surface area contributed by atoms with Gasteiger partial charge >= 0.3 is 0 Å². The normalized spacial score (nSPS) is 12.7. The van der Waals surface area contributed by atoms with E-state index in [4.69, 9.17) is 15.0 Å². The number of nitrogens with two attached hydrogens (primary N) is 1. The van der Waals surface area contributed by atoms with E-state index in [9.17, 15) is 0 Å². The number of benzene rings is 1. The first-order chi connectivity index (χ1) is 8.61. The van der Waals surface area contributed by atoms with Crippen molar-refractivity contribution in [2.75, 3.05) is 13.7 Å². The molecule has 0 aliphatic carbocycles.